The van der Waals surface area contributed by atoms with E-state index in [0.29, 0.717) is 0 Å². The van der Waals surface area contributed by atoms with Crippen LogP contribution in [-0.2, 0) is 0 Å². The lowest BCUT2D eigenvalue weighted by Crippen LogP contribution is -2.21. The molecule has 2 N–H and O–H groups in total. The van der Waals surface area contributed by atoms with E-state index in [1.807, 2.05) is 26.2 Å². The minimum Gasteiger partial charge on any atom is -0.393 e. The Balaban J connectivity index is 2.60. The van der Waals surface area contributed by atoms with Gasteiger partial charge >= 0.3 is 0 Å². The van der Waals surface area contributed by atoms with Crippen LogP contribution in [-0.4, -0.2) is 36.8 Å². The summed E-state index contributed by atoms with van der Waals surface area (Å²) in [6, 6.07) is 3.95. The Kier molecular flexibility index (Phi) is 4.37. The van der Waals surface area contributed by atoms with Gasteiger partial charge in [0.15, 0.2) is 0 Å². The van der Waals surface area contributed by atoms with Crippen LogP contribution in [0.15, 0.2) is 18.3 Å². The van der Waals surface area contributed by atoms with Gasteiger partial charge in [-0.1, -0.05) is 0 Å². The van der Waals surface area contributed by atoms with Crippen LogP contribution in [0.25, 0.3) is 0 Å². The van der Waals surface area contributed by atoms with Crippen LogP contribution in [0.2, 0.25) is 0 Å². The Morgan fingerprint density at radius 2 is 2.33 bits per heavy atom. The van der Waals surface area contributed by atoms with Gasteiger partial charge in [0.05, 0.1) is 6.10 Å². The number of rotatable bonds is 5. The molecule has 84 valence electrons. The number of nitrogens with zero attached hydrogens (tertiary/aromatic N) is 2. The second kappa shape index (κ2) is 5.56. The smallest absolute Gasteiger partial charge is 0.127 e. The van der Waals surface area contributed by atoms with Crippen LogP contribution in [0.1, 0.15) is 13.3 Å². The largest absolute Gasteiger partial charge is 0.393 e. The van der Waals surface area contributed by atoms with Gasteiger partial charge in [0.2, 0.25) is 0 Å². The number of aliphatic hydroxyl groups is 1. The molecule has 0 saturated heterocycles. The zero-order valence-corrected chi connectivity index (χ0v) is 9.57. The normalized spacial score (nSPS) is 12.3. The summed E-state index contributed by atoms with van der Waals surface area (Å²) in [5, 5.41) is 12.2. The summed E-state index contributed by atoms with van der Waals surface area (Å²) >= 11 is 0. The SMILES string of the molecule is CNc1cc(N(C)CCC(C)O)ccn1. The maximum absolute atomic E-state index is 9.20. The lowest BCUT2D eigenvalue weighted by atomic mass is 10.2. The molecule has 0 aliphatic heterocycles. The van der Waals surface area contributed by atoms with Crippen molar-refractivity contribution in [1.82, 2.24) is 4.98 Å². The van der Waals surface area contributed by atoms with Crippen LogP contribution < -0.4 is 10.2 Å². The number of aromatic nitrogens is 1. The van der Waals surface area contributed by atoms with Gasteiger partial charge in [0.1, 0.15) is 5.82 Å². The van der Waals surface area contributed by atoms with Crippen molar-refractivity contribution >= 4 is 11.5 Å². The molecule has 0 fully saturated rings. The minimum absolute atomic E-state index is 0.252. The number of aliphatic hydroxyl groups excluding tert-OH is 1. The lowest BCUT2D eigenvalue weighted by Gasteiger charge is -2.20. The van der Waals surface area contributed by atoms with E-state index in [2.05, 4.69) is 15.2 Å². The zero-order valence-electron chi connectivity index (χ0n) is 9.57. The fourth-order valence-corrected chi connectivity index (χ4v) is 1.30. The summed E-state index contributed by atoms with van der Waals surface area (Å²) in [6.45, 7) is 2.64. The van der Waals surface area contributed by atoms with Gasteiger partial charge in [-0.15, -0.1) is 0 Å². The predicted molar refractivity (Wildman–Crippen MR) is 63.4 cm³/mol. The second-order valence-electron chi connectivity index (χ2n) is 3.71. The lowest BCUT2D eigenvalue weighted by molar-refractivity contribution is 0.187. The maximum atomic E-state index is 9.20. The molecule has 1 rings (SSSR count). The molecule has 0 bridgehead atoms. The summed E-state index contributed by atoms with van der Waals surface area (Å²) in [6.07, 6.45) is 2.30. The first-order valence-corrected chi connectivity index (χ1v) is 5.16. The first-order valence-electron chi connectivity index (χ1n) is 5.16. The molecular formula is C11H19N3O. The van der Waals surface area contributed by atoms with E-state index in [1.54, 1.807) is 13.1 Å². The number of hydrogen-bond donors (Lipinski definition) is 2. The summed E-state index contributed by atoms with van der Waals surface area (Å²) < 4.78 is 0. The molecule has 1 unspecified atom stereocenters. The number of pyridine rings is 1. The molecule has 0 aliphatic carbocycles. The van der Waals surface area contributed by atoms with E-state index in [0.717, 1.165) is 24.5 Å². The average Bonchev–Trinajstić information content (AvgIpc) is 2.26. The highest BCUT2D eigenvalue weighted by atomic mass is 16.3. The number of hydrogen-bond acceptors (Lipinski definition) is 4. The van der Waals surface area contributed by atoms with Gasteiger partial charge in [-0.25, -0.2) is 4.98 Å². The van der Waals surface area contributed by atoms with Gasteiger partial charge in [0.25, 0.3) is 0 Å². The highest BCUT2D eigenvalue weighted by Crippen LogP contribution is 2.15. The first kappa shape index (κ1) is 11.8. The molecule has 0 spiro atoms. The highest BCUT2D eigenvalue weighted by Gasteiger charge is 2.03. The van der Waals surface area contributed by atoms with Gasteiger partial charge < -0.3 is 15.3 Å². The maximum Gasteiger partial charge on any atom is 0.127 e. The summed E-state index contributed by atoms with van der Waals surface area (Å²) in [5.41, 5.74) is 1.11. The van der Waals surface area contributed by atoms with E-state index in [1.165, 1.54) is 0 Å². The van der Waals surface area contributed by atoms with Crippen molar-refractivity contribution in [3.05, 3.63) is 18.3 Å². The third-order valence-electron chi connectivity index (χ3n) is 2.32. The zero-order chi connectivity index (χ0) is 11.3. The van der Waals surface area contributed by atoms with E-state index >= 15 is 0 Å². The highest BCUT2D eigenvalue weighted by molar-refractivity contribution is 5.53. The van der Waals surface area contributed by atoms with Crippen molar-refractivity contribution in [2.45, 2.75) is 19.4 Å². The summed E-state index contributed by atoms with van der Waals surface area (Å²) in [5.74, 6) is 0.858. The quantitative estimate of drug-likeness (QED) is 0.768. The van der Waals surface area contributed by atoms with Gasteiger partial charge in [0, 0.05) is 38.6 Å². The van der Waals surface area contributed by atoms with E-state index in [9.17, 15) is 5.11 Å². The van der Waals surface area contributed by atoms with Crippen LogP contribution in [0.4, 0.5) is 11.5 Å². The Labute approximate surface area is 90.9 Å². The molecule has 0 aromatic carbocycles. The molecule has 4 nitrogen and oxygen atoms in total. The van der Waals surface area contributed by atoms with Crippen molar-refractivity contribution < 1.29 is 5.11 Å². The Morgan fingerprint density at radius 3 is 2.93 bits per heavy atom. The Morgan fingerprint density at radius 1 is 1.60 bits per heavy atom. The summed E-state index contributed by atoms with van der Waals surface area (Å²) in [7, 11) is 3.86. The number of anilines is 2. The molecule has 0 aliphatic rings. The molecule has 1 aromatic heterocycles. The van der Waals surface area contributed by atoms with Crippen LogP contribution in [0.5, 0.6) is 0 Å². The first-order chi connectivity index (χ1) is 7.13. The van der Waals surface area contributed by atoms with Crippen LogP contribution >= 0.6 is 0 Å². The Hall–Kier alpha value is -1.29. The molecule has 1 aromatic rings. The van der Waals surface area contributed by atoms with Crippen molar-refractivity contribution in [3.63, 3.8) is 0 Å². The fraction of sp³-hybridized carbons (Fsp3) is 0.545. The van der Waals surface area contributed by atoms with Crippen molar-refractivity contribution in [2.24, 2.45) is 0 Å². The van der Waals surface area contributed by atoms with Crippen molar-refractivity contribution in [1.29, 1.82) is 0 Å². The standard InChI is InChI=1S/C11H19N3O/c1-9(15)5-7-14(3)10-4-6-13-11(8-10)12-2/h4,6,8-9,15H,5,7H2,1-3H3,(H,12,13). The molecule has 15 heavy (non-hydrogen) atoms. The van der Waals surface area contributed by atoms with Gasteiger partial charge in [-0.05, 0) is 19.4 Å². The molecule has 0 amide bonds. The third-order valence-corrected chi connectivity index (χ3v) is 2.32. The van der Waals surface area contributed by atoms with E-state index in [-0.39, 0.29) is 6.10 Å². The molecule has 0 radical (unpaired) electrons. The average molecular weight is 209 g/mol. The van der Waals surface area contributed by atoms with Gasteiger partial charge in [-0.2, -0.15) is 0 Å². The molecular weight excluding hydrogens is 190 g/mol. The Bertz CT molecular complexity index is 302. The monoisotopic (exact) mass is 209 g/mol. The number of nitrogens with one attached hydrogen (secondary N) is 1. The summed E-state index contributed by atoms with van der Waals surface area (Å²) in [4.78, 5) is 6.25. The molecule has 1 atom stereocenters. The molecule has 1 heterocycles. The van der Waals surface area contributed by atoms with Crippen molar-refractivity contribution in [3.8, 4) is 0 Å². The van der Waals surface area contributed by atoms with Crippen LogP contribution in [0.3, 0.4) is 0 Å². The molecule has 0 saturated carbocycles. The molecule has 4 heteroatoms. The second-order valence-corrected chi connectivity index (χ2v) is 3.71. The fourth-order valence-electron chi connectivity index (χ4n) is 1.30. The van der Waals surface area contributed by atoms with Crippen LogP contribution in [0, 0.1) is 0 Å². The third kappa shape index (κ3) is 3.75. The minimum atomic E-state index is -0.252. The van der Waals surface area contributed by atoms with Gasteiger partial charge in [-0.3, -0.25) is 0 Å². The van der Waals surface area contributed by atoms with Crippen molar-refractivity contribution in [2.75, 3.05) is 30.9 Å². The predicted octanol–water partition coefficient (Wildman–Crippen LogP) is 1.33. The topological polar surface area (TPSA) is 48.4 Å². The van der Waals surface area contributed by atoms with E-state index in [4.69, 9.17) is 0 Å². The van der Waals surface area contributed by atoms with E-state index < -0.39 is 0 Å².